The first-order valence-corrected chi connectivity index (χ1v) is 9.83. The van der Waals surface area contributed by atoms with E-state index in [4.69, 9.17) is 27.4 Å². The third-order valence-electron chi connectivity index (χ3n) is 4.31. The van der Waals surface area contributed by atoms with Crippen molar-refractivity contribution in [1.29, 1.82) is 0 Å². The highest BCUT2D eigenvalue weighted by atomic mass is 16.4. The number of carboxylic acids is 2. The number of amides is 5. The first-order chi connectivity index (χ1) is 15.1. The molecule has 15 nitrogen and oxygen atoms in total. The highest BCUT2D eigenvalue weighted by Gasteiger charge is 2.32. The standard InChI is InChI=1S/C18H30N6O9/c1-7(2)14(17(31)23-10(18(32)33)6-13(27)28)24-16(30)9(3-4-11(20)25)22-15(29)8(19)5-12(21)26/h7-10,14H,3-6,19H2,1-2H3,(H2,20,25)(H2,21,26)(H,22,29)(H,23,31)(H,24,30)(H,27,28)(H,32,33)/t8-,9-,10-,14-/m0/s1. The van der Waals surface area contributed by atoms with Gasteiger partial charge in [-0.2, -0.15) is 0 Å². The van der Waals surface area contributed by atoms with Crippen molar-refractivity contribution in [3.05, 3.63) is 0 Å². The van der Waals surface area contributed by atoms with Crippen LogP contribution in [0.3, 0.4) is 0 Å². The molecule has 15 heteroatoms. The molecule has 11 N–H and O–H groups in total. The van der Waals surface area contributed by atoms with E-state index in [0.29, 0.717) is 0 Å². The van der Waals surface area contributed by atoms with Crippen LogP contribution in [0.4, 0.5) is 0 Å². The summed E-state index contributed by atoms with van der Waals surface area (Å²) in [5.74, 6) is -8.09. The summed E-state index contributed by atoms with van der Waals surface area (Å²) in [6.45, 7) is 3.05. The molecule has 0 unspecified atom stereocenters. The third-order valence-corrected chi connectivity index (χ3v) is 4.31. The van der Waals surface area contributed by atoms with Crippen LogP contribution in [0.25, 0.3) is 0 Å². The maximum atomic E-state index is 12.8. The maximum absolute atomic E-state index is 12.8. The lowest BCUT2D eigenvalue weighted by molar-refractivity contribution is -0.147. The summed E-state index contributed by atoms with van der Waals surface area (Å²) in [4.78, 5) is 81.6. The Morgan fingerprint density at radius 3 is 1.73 bits per heavy atom. The van der Waals surface area contributed by atoms with E-state index in [2.05, 4.69) is 10.6 Å². The SMILES string of the molecule is CC(C)[C@H](NC(=O)[C@H](CCC(N)=O)NC(=O)[C@@H](N)CC(N)=O)C(=O)N[C@@H](CC(=O)O)C(=O)O. The van der Waals surface area contributed by atoms with Gasteiger partial charge in [0.2, 0.25) is 29.5 Å². The zero-order valence-corrected chi connectivity index (χ0v) is 18.2. The van der Waals surface area contributed by atoms with E-state index in [1.54, 1.807) is 0 Å². The van der Waals surface area contributed by atoms with Crippen LogP contribution in [0.1, 0.15) is 39.5 Å². The molecule has 0 aromatic heterocycles. The van der Waals surface area contributed by atoms with Crippen LogP contribution in [0.15, 0.2) is 0 Å². The summed E-state index contributed by atoms with van der Waals surface area (Å²) in [6.07, 6.45) is -1.98. The minimum atomic E-state index is -1.75. The molecule has 0 aromatic carbocycles. The number of nitrogens with one attached hydrogen (secondary N) is 3. The second-order valence-electron chi connectivity index (χ2n) is 7.57. The van der Waals surface area contributed by atoms with E-state index in [9.17, 15) is 33.6 Å². The van der Waals surface area contributed by atoms with Crippen LogP contribution in [0.2, 0.25) is 0 Å². The van der Waals surface area contributed by atoms with Crippen molar-refractivity contribution in [2.24, 2.45) is 23.1 Å². The van der Waals surface area contributed by atoms with Crippen LogP contribution >= 0.6 is 0 Å². The molecule has 0 fully saturated rings. The molecule has 0 saturated carbocycles. The van der Waals surface area contributed by atoms with Gasteiger partial charge in [0.05, 0.1) is 18.9 Å². The minimum Gasteiger partial charge on any atom is -0.481 e. The van der Waals surface area contributed by atoms with E-state index >= 15 is 0 Å². The number of aliphatic carboxylic acids is 2. The first-order valence-electron chi connectivity index (χ1n) is 9.83. The zero-order valence-electron chi connectivity index (χ0n) is 18.2. The van der Waals surface area contributed by atoms with Gasteiger partial charge < -0.3 is 43.4 Å². The van der Waals surface area contributed by atoms with Gasteiger partial charge in [-0.05, 0) is 12.3 Å². The van der Waals surface area contributed by atoms with Gasteiger partial charge >= 0.3 is 11.9 Å². The monoisotopic (exact) mass is 474 g/mol. The van der Waals surface area contributed by atoms with Gasteiger partial charge in [-0.15, -0.1) is 0 Å². The highest BCUT2D eigenvalue weighted by molar-refractivity contribution is 5.95. The summed E-state index contributed by atoms with van der Waals surface area (Å²) in [5, 5.41) is 24.5. The largest absolute Gasteiger partial charge is 0.481 e. The van der Waals surface area contributed by atoms with E-state index < -0.39 is 84.4 Å². The van der Waals surface area contributed by atoms with Gasteiger partial charge in [-0.1, -0.05) is 13.8 Å². The predicted octanol–water partition coefficient (Wildman–Crippen LogP) is -3.88. The number of rotatable bonds is 15. The third kappa shape index (κ3) is 11.4. The molecule has 5 amide bonds. The Kier molecular flexibility index (Phi) is 12.1. The maximum Gasteiger partial charge on any atom is 0.326 e. The molecule has 0 rings (SSSR count). The number of nitrogens with two attached hydrogens (primary N) is 3. The van der Waals surface area contributed by atoms with E-state index in [-0.39, 0.29) is 12.8 Å². The van der Waals surface area contributed by atoms with Crippen molar-refractivity contribution in [3.63, 3.8) is 0 Å². The summed E-state index contributed by atoms with van der Waals surface area (Å²) in [5.41, 5.74) is 15.6. The fourth-order valence-electron chi connectivity index (χ4n) is 2.57. The van der Waals surface area contributed by atoms with Gasteiger partial charge in [0, 0.05) is 6.42 Å². The molecular weight excluding hydrogens is 444 g/mol. The van der Waals surface area contributed by atoms with Gasteiger partial charge in [0.25, 0.3) is 0 Å². The molecule has 0 radical (unpaired) electrons. The minimum absolute atomic E-state index is 0.264. The van der Waals surface area contributed by atoms with Crippen LogP contribution in [0, 0.1) is 5.92 Å². The fraction of sp³-hybridized carbons (Fsp3) is 0.611. The van der Waals surface area contributed by atoms with Crippen LogP contribution in [0.5, 0.6) is 0 Å². The molecule has 186 valence electrons. The molecule has 0 aromatic rings. The smallest absolute Gasteiger partial charge is 0.326 e. The van der Waals surface area contributed by atoms with Crippen molar-refractivity contribution < 1.29 is 43.8 Å². The Bertz CT molecular complexity index is 785. The molecule has 0 aliphatic rings. The Morgan fingerprint density at radius 1 is 0.758 bits per heavy atom. The lowest BCUT2D eigenvalue weighted by atomic mass is 10.0. The van der Waals surface area contributed by atoms with Gasteiger partial charge in [0.15, 0.2) is 0 Å². The van der Waals surface area contributed by atoms with Crippen LogP contribution < -0.4 is 33.2 Å². The fourth-order valence-corrected chi connectivity index (χ4v) is 2.57. The van der Waals surface area contributed by atoms with E-state index in [1.165, 1.54) is 13.8 Å². The number of carboxylic acid groups (broad SMARTS) is 2. The summed E-state index contributed by atoms with van der Waals surface area (Å²) < 4.78 is 0. The average Bonchev–Trinajstić information content (AvgIpc) is 2.66. The molecule has 0 spiro atoms. The molecule has 33 heavy (non-hydrogen) atoms. The number of carbonyl (C=O) groups is 7. The molecule has 0 bridgehead atoms. The Balaban J connectivity index is 5.52. The van der Waals surface area contributed by atoms with Crippen molar-refractivity contribution in [3.8, 4) is 0 Å². The van der Waals surface area contributed by atoms with Crippen molar-refractivity contribution in [2.75, 3.05) is 0 Å². The zero-order chi connectivity index (χ0) is 25.9. The van der Waals surface area contributed by atoms with Gasteiger partial charge in [-0.25, -0.2) is 4.79 Å². The van der Waals surface area contributed by atoms with Crippen molar-refractivity contribution in [1.82, 2.24) is 16.0 Å². The predicted molar refractivity (Wildman–Crippen MR) is 111 cm³/mol. The Hall–Kier alpha value is -3.75. The number of hydrogen-bond donors (Lipinski definition) is 8. The number of hydrogen-bond acceptors (Lipinski definition) is 8. The highest BCUT2D eigenvalue weighted by Crippen LogP contribution is 2.07. The summed E-state index contributed by atoms with van der Waals surface area (Å²) in [6, 6.07) is -5.82. The quantitative estimate of drug-likeness (QED) is 0.114. The number of primary amides is 2. The first kappa shape index (κ1) is 29.2. The lowest BCUT2D eigenvalue weighted by Crippen LogP contribution is -2.58. The molecular formula is C18H30N6O9. The second-order valence-corrected chi connectivity index (χ2v) is 7.57. The van der Waals surface area contributed by atoms with Crippen LogP contribution in [-0.2, 0) is 33.6 Å². The normalized spacial score (nSPS) is 14.3. The summed E-state index contributed by atoms with van der Waals surface area (Å²) in [7, 11) is 0. The van der Waals surface area contributed by atoms with E-state index in [0.717, 1.165) is 0 Å². The van der Waals surface area contributed by atoms with Crippen molar-refractivity contribution >= 4 is 41.5 Å². The average molecular weight is 474 g/mol. The molecule has 0 aliphatic carbocycles. The second kappa shape index (κ2) is 13.6. The summed E-state index contributed by atoms with van der Waals surface area (Å²) >= 11 is 0. The molecule has 0 aliphatic heterocycles. The molecule has 4 atom stereocenters. The van der Waals surface area contributed by atoms with Crippen molar-refractivity contribution in [2.45, 2.75) is 63.7 Å². The lowest BCUT2D eigenvalue weighted by Gasteiger charge is -2.26. The van der Waals surface area contributed by atoms with E-state index in [1.807, 2.05) is 5.32 Å². The molecule has 0 heterocycles. The van der Waals surface area contributed by atoms with Gasteiger partial charge in [0.1, 0.15) is 18.1 Å². The topological polar surface area (TPSA) is 274 Å². The number of carbonyl (C=O) groups excluding carboxylic acids is 5. The Labute approximate surface area is 188 Å². The van der Waals surface area contributed by atoms with Gasteiger partial charge in [-0.3, -0.25) is 28.8 Å². The molecule has 0 saturated heterocycles. The Morgan fingerprint density at radius 2 is 1.30 bits per heavy atom. The van der Waals surface area contributed by atoms with Crippen LogP contribution in [-0.4, -0.2) is 75.9 Å².